The number of nitrogens with two attached hydrogens (primary N) is 1. The molecule has 1 heterocycles. The van der Waals surface area contributed by atoms with Gasteiger partial charge in [-0.05, 0) is 43.5 Å². The van der Waals surface area contributed by atoms with Crippen LogP contribution in [0.4, 0.5) is 5.69 Å². The first-order valence-corrected chi connectivity index (χ1v) is 5.59. The Hall–Kier alpha value is -1.55. The molecule has 0 aliphatic carbocycles. The molecule has 0 aromatic heterocycles. The van der Waals surface area contributed by atoms with Crippen LogP contribution in [0, 0.1) is 6.92 Å². The van der Waals surface area contributed by atoms with Crippen LogP contribution < -0.4 is 11.3 Å². The van der Waals surface area contributed by atoms with Crippen LogP contribution >= 0.6 is 0 Å². The van der Waals surface area contributed by atoms with E-state index in [4.69, 9.17) is 5.84 Å². The quantitative estimate of drug-likeness (QED) is 0.585. The first-order valence-electron chi connectivity index (χ1n) is 5.59. The molecule has 1 fully saturated rings. The molecule has 4 heteroatoms. The van der Waals surface area contributed by atoms with Crippen molar-refractivity contribution in [2.45, 2.75) is 19.8 Å². The minimum Gasteiger partial charge on any atom is -0.339 e. The Morgan fingerprint density at radius 2 is 2.06 bits per heavy atom. The number of hydrazine groups is 1. The first-order chi connectivity index (χ1) is 7.72. The summed E-state index contributed by atoms with van der Waals surface area (Å²) >= 11 is 0. The molecule has 1 aliphatic rings. The molecule has 1 aliphatic heterocycles. The highest BCUT2D eigenvalue weighted by Crippen LogP contribution is 2.18. The summed E-state index contributed by atoms with van der Waals surface area (Å²) in [5.74, 6) is 5.48. The van der Waals surface area contributed by atoms with E-state index in [1.165, 1.54) is 0 Å². The lowest BCUT2D eigenvalue weighted by Crippen LogP contribution is -2.27. The maximum Gasteiger partial charge on any atom is 0.253 e. The van der Waals surface area contributed by atoms with Crippen molar-refractivity contribution in [1.29, 1.82) is 0 Å². The molecule has 4 nitrogen and oxygen atoms in total. The predicted octanol–water partition coefficient (Wildman–Crippen LogP) is 1.52. The standard InChI is InChI=1S/C12H17N3O/c1-9-8-10(4-5-11(9)14-13)12(16)15-6-2-3-7-15/h4-5,8,14H,2-3,6-7,13H2,1H3. The fourth-order valence-corrected chi connectivity index (χ4v) is 2.06. The van der Waals surface area contributed by atoms with E-state index in [2.05, 4.69) is 5.43 Å². The Morgan fingerprint density at radius 1 is 1.38 bits per heavy atom. The minimum atomic E-state index is 0.129. The number of nitrogen functional groups attached to an aromatic ring is 1. The van der Waals surface area contributed by atoms with Gasteiger partial charge in [-0.15, -0.1) is 0 Å². The Bertz CT molecular complexity index is 397. The molecule has 3 N–H and O–H groups in total. The lowest BCUT2D eigenvalue weighted by molar-refractivity contribution is 0.0793. The molecule has 1 amide bonds. The molecule has 0 saturated carbocycles. The fourth-order valence-electron chi connectivity index (χ4n) is 2.06. The van der Waals surface area contributed by atoms with Crippen LogP contribution in [0.1, 0.15) is 28.8 Å². The molecule has 1 aromatic carbocycles. The van der Waals surface area contributed by atoms with Crippen molar-refractivity contribution in [3.05, 3.63) is 29.3 Å². The number of nitrogens with zero attached hydrogens (tertiary/aromatic N) is 1. The molecule has 0 bridgehead atoms. The van der Waals surface area contributed by atoms with Gasteiger partial charge in [0.1, 0.15) is 0 Å². The van der Waals surface area contributed by atoms with Crippen molar-refractivity contribution < 1.29 is 4.79 Å². The number of carbonyl (C=O) groups excluding carboxylic acids is 1. The van der Waals surface area contributed by atoms with Gasteiger partial charge in [-0.2, -0.15) is 0 Å². The zero-order valence-electron chi connectivity index (χ0n) is 9.49. The van der Waals surface area contributed by atoms with Gasteiger partial charge in [0.2, 0.25) is 0 Å². The highest BCUT2D eigenvalue weighted by Gasteiger charge is 2.19. The topological polar surface area (TPSA) is 58.4 Å². The lowest BCUT2D eigenvalue weighted by atomic mass is 10.1. The molecule has 86 valence electrons. The smallest absolute Gasteiger partial charge is 0.253 e. The number of hydrogen-bond acceptors (Lipinski definition) is 3. The average Bonchev–Trinajstić information content (AvgIpc) is 2.81. The van der Waals surface area contributed by atoms with Crippen molar-refractivity contribution in [3.8, 4) is 0 Å². The molecule has 0 unspecified atom stereocenters. The van der Waals surface area contributed by atoms with Crippen LogP contribution in [-0.4, -0.2) is 23.9 Å². The van der Waals surface area contributed by atoms with E-state index in [-0.39, 0.29) is 5.91 Å². The number of likely N-dealkylation sites (tertiary alicyclic amines) is 1. The van der Waals surface area contributed by atoms with E-state index in [9.17, 15) is 4.79 Å². The van der Waals surface area contributed by atoms with E-state index in [0.29, 0.717) is 0 Å². The van der Waals surface area contributed by atoms with Gasteiger partial charge in [0.05, 0.1) is 5.69 Å². The van der Waals surface area contributed by atoms with Crippen molar-refractivity contribution in [2.75, 3.05) is 18.5 Å². The summed E-state index contributed by atoms with van der Waals surface area (Å²) in [4.78, 5) is 14.0. The third-order valence-electron chi connectivity index (χ3n) is 3.02. The molecule has 2 rings (SSSR count). The third-order valence-corrected chi connectivity index (χ3v) is 3.02. The summed E-state index contributed by atoms with van der Waals surface area (Å²) in [5, 5.41) is 0. The summed E-state index contributed by atoms with van der Waals surface area (Å²) < 4.78 is 0. The second kappa shape index (κ2) is 4.53. The van der Waals surface area contributed by atoms with E-state index in [1.54, 1.807) is 0 Å². The van der Waals surface area contributed by atoms with Gasteiger partial charge >= 0.3 is 0 Å². The van der Waals surface area contributed by atoms with Gasteiger partial charge in [-0.3, -0.25) is 10.6 Å². The Morgan fingerprint density at radius 3 is 2.62 bits per heavy atom. The van der Waals surface area contributed by atoms with Crippen LogP contribution in [0.2, 0.25) is 0 Å². The molecular weight excluding hydrogens is 202 g/mol. The highest BCUT2D eigenvalue weighted by atomic mass is 16.2. The molecule has 0 atom stereocenters. The minimum absolute atomic E-state index is 0.129. The maximum absolute atomic E-state index is 12.1. The largest absolute Gasteiger partial charge is 0.339 e. The molecule has 0 radical (unpaired) electrons. The normalized spacial score (nSPS) is 15.2. The van der Waals surface area contributed by atoms with Crippen LogP contribution in [-0.2, 0) is 0 Å². The second-order valence-corrected chi connectivity index (χ2v) is 4.17. The molecule has 16 heavy (non-hydrogen) atoms. The van der Waals surface area contributed by atoms with Crippen LogP contribution in [0.15, 0.2) is 18.2 Å². The number of nitrogens with one attached hydrogen (secondary N) is 1. The van der Waals surface area contributed by atoms with Crippen LogP contribution in [0.5, 0.6) is 0 Å². The Labute approximate surface area is 95.4 Å². The summed E-state index contributed by atoms with van der Waals surface area (Å²) in [5.41, 5.74) is 5.21. The summed E-state index contributed by atoms with van der Waals surface area (Å²) in [6, 6.07) is 5.55. The third kappa shape index (κ3) is 2.02. The monoisotopic (exact) mass is 219 g/mol. The average molecular weight is 219 g/mol. The van der Waals surface area contributed by atoms with E-state index >= 15 is 0 Å². The van der Waals surface area contributed by atoms with Gasteiger partial charge < -0.3 is 10.3 Å². The van der Waals surface area contributed by atoms with Gasteiger partial charge in [-0.25, -0.2) is 0 Å². The maximum atomic E-state index is 12.1. The predicted molar refractivity (Wildman–Crippen MR) is 64.1 cm³/mol. The van der Waals surface area contributed by atoms with E-state index in [1.807, 2.05) is 30.0 Å². The summed E-state index contributed by atoms with van der Waals surface area (Å²) in [6.07, 6.45) is 2.24. The summed E-state index contributed by atoms with van der Waals surface area (Å²) in [6.45, 7) is 3.71. The van der Waals surface area contributed by atoms with E-state index in [0.717, 1.165) is 42.7 Å². The van der Waals surface area contributed by atoms with Gasteiger partial charge in [0.15, 0.2) is 0 Å². The first kappa shape index (κ1) is 11.0. The van der Waals surface area contributed by atoms with Crippen LogP contribution in [0.3, 0.4) is 0 Å². The Balaban J connectivity index is 2.20. The number of rotatable bonds is 2. The molecule has 1 saturated heterocycles. The summed E-state index contributed by atoms with van der Waals surface area (Å²) in [7, 11) is 0. The number of amides is 1. The Kier molecular flexibility index (Phi) is 3.10. The number of carbonyl (C=O) groups is 1. The number of hydrogen-bond donors (Lipinski definition) is 2. The van der Waals surface area contributed by atoms with Crippen molar-refractivity contribution >= 4 is 11.6 Å². The second-order valence-electron chi connectivity index (χ2n) is 4.17. The van der Waals surface area contributed by atoms with Gasteiger partial charge in [-0.1, -0.05) is 0 Å². The van der Waals surface area contributed by atoms with Gasteiger partial charge in [0.25, 0.3) is 5.91 Å². The molecular formula is C12H17N3O. The fraction of sp³-hybridized carbons (Fsp3) is 0.417. The van der Waals surface area contributed by atoms with E-state index < -0.39 is 0 Å². The highest BCUT2D eigenvalue weighted by molar-refractivity contribution is 5.95. The number of anilines is 1. The number of benzene rings is 1. The van der Waals surface area contributed by atoms with Crippen molar-refractivity contribution in [3.63, 3.8) is 0 Å². The molecule has 1 aromatic rings. The number of aryl methyl sites for hydroxylation is 1. The van der Waals surface area contributed by atoms with Gasteiger partial charge in [0, 0.05) is 18.7 Å². The SMILES string of the molecule is Cc1cc(C(=O)N2CCCC2)ccc1NN. The van der Waals surface area contributed by atoms with Crippen molar-refractivity contribution in [2.24, 2.45) is 5.84 Å². The zero-order valence-corrected chi connectivity index (χ0v) is 9.49. The zero-order chi connectivity index (χ0) is 11.5. The van der Waals surface area contributed by atoms with Crippen LogP contribution in [0.25, 0.3) is 0 Å². The lowest BCUT2D eigenvalue weighted by Gasteiger charge is -2.16. The van der Waals surface area contributed by atoms with Crippen molar-refractivity contribution in [1.82, 2.24) is 4.90 Å². The molecule has 0 spiro atoms.